The number of rotatable bonds is 1. The van der Waals surface area contributed by atoms with Gasteiger partial charge in [0.15, 0.2) is 6.61 Å². The number of benzene rings is 1. The zero-order valence-corrected chi connectivity index (χ0v) is 11.3. The number of fused-ring (bicyclic) bond motifs is 1. The second-order valence-electron chi connectivity index (χ2n) is 3.85. The van der Waals surface area contributed by atoms with Crippen LogP contribution in [0.15, 0.2) is 24.5 Å². The van der Waals surface area contributed by atoms with E-state index in [4.69, 9.17) is 10.5 Å². The second-order valence-corrected chi connectivity index (χ2v) is 5.09. The normalized spacial score (nSPS) is 13.7. The fraction of sp³-hybridized carbons (Fsp3) is 0.0909. The number of halogens is 1. The van der Waals surface area contributed by atoms with Crippen molar-refractivity contribution >= 4 is 39.9 Å². The minimum atomic E-state index is -0.173. The molecule has 1 aromatic heterocycles. The Bertz CT molecular complexity index is 638. The summed E-state index contributed by atoms with van der Waals surface area (Å²) in [6.45, 7) is 0.0193. The Morgan fingerprint density at radius 1 is 1.50 bits per heavy atom. The Kier molecular flexibility index (Phi) is 2.62. The maximum absolute atomic E-state index is 11.3. The molecule has 6 nitrogen and oxygen atoms in total. The van der Waals surface area contributed by atoms with Gasteiger partial charge in [-0.2, -0.15) is 5.10 Å². The molecule has 92 valence electrons. The number of aromatic nitrogens is 2. The van der Waals surface area contributed by atoms with Gasteiger partial charge in [-0.05, 0) is 28.7 Å². The third-order valence-electron chi connectivity index (χ3n) is 2.56. The summed E-state index contributed by atoms with van der Waals surface area (Å²) < 4.78 is 7.96. The quantitative estimate of drug-likeness (QED) is 0.598. The van der Waals surface area contributed by atoms with E-state index in [1.165, 1.54) is 0 Å². The number of anilines is 2. The second kappa shape index (κ2) is 4.16. The average molecular weight is 356 g/mol. The first kappa shape index (κ1) is 11.3. The number of carbonyl (C=O) groups is 1. The number of nitrogen functional groups attached to an aromatic ring is 1. The van der Waals surface area contributed by atoms with Crippen LogP contribution < -0.4 is 15.8 Å². The maximum atomic E-state index is 11.3. The fourth-order valence-corrected chi connectivity index (χ4v) is 2.15. The summed E-state index contributed by atoms with van der Waals surface area (Å²) in [4.78, 5) is 11.3. The van der Waals surface area contributed by atoms with Crippen molar-refractivity contribution in [3.8, 4) is 11.4 Å². The number of carbonyl (C=O) groups excluding carboxylic acids is 1. The minimum absolute atomic E-state index is 0.0193. The molecule has 1 aromatic carbocycles. The van der Waals surface area contributed by atoms with Gasteiger partial charge in [-0.15, -0.1) is 0 Å². The van der Waals surface area contributed by atoms with E-state index in [1.54, 1.807) is 23.0 Å². The van der Waals surface area contributed by atoms with Crippen molar-refractivity contribution < 1.29 is 9.53 Å². The molecule has 18 heavy (non-hydrogen) atoms. The Morgan fingerprint density at radius 3 is 3.06 bits per heavy atom. The van der Waals surface area contributed by atoms with Gasteiger partial charge in [0.1, 0.15) is 5.75 Å². The van der Waals surface area contributed by atoms with Crippen LogP contribution in [-0.2, 0) is 4.79 Å². The van der Waals surface area contributed by atoms with Crippen molar-refractivity contribution in [2.24, 2.45) is 0 Å². The maximum Gasteiger partial charge on any atom is 0.262 e. The molecule has 0 unspecified atom stereocenters. The predicted octanol–water partition coefficient (Wildman–Crippen LogP) is 1.39. The molecule has 7 heteroatoms. The van der Waals surface area contributed by atoms with Gasteiger partial charge in [-0.1, -0.05) is 0 Å². The van der Waals surface area contributed by atoms with Crippen LogP contribution in [-0.4, -0.2) is 22.3 Å². The van der Waals surface area contributed by atoms with Gasteiger partial charge in [0.05, 0.1) is 26.8 Å². The summed E-state index contributed by atoms with van der Waals surface area (Å²) in [6.07, 6.45) is 3.58. The predicted molar refractivity (Wildman–Crippen MR) is 74.8 cm³/mol. The van der Waals surface area contributed by atoms with Crippen molar-refractivity contribution in [1.29, 1.82) is 0 Å². The Balaban J connectivity index is 2.11. The first-order valence-electron chi connectivity index (χ1n) is 5.20. The van der Waals surface area contributed by atoms with Crippen LogP contribution >= 0.6 is 22.6 Å². The van der Waals surface area contributed by atoms with Crippen LogP contribution in [0.2, 0.25) is 0 Å². The number of nitrogens with zero attached hydrogens (tertiary/aromatic N) is 2. The monoisotopic (exact) mass is 356 g/mol. The third-order valence-corrected chi connectivity index (χ3v) is 3.12. The molecule has 0 saturated heterocycles. The van der Waals surface area contributed by atoms with E-state index in [0.29, 0.717) is 22.8 Å². The molecular formula is C11H9IN4O2. The molecule has 0 aliphatic carbocycles. The van der Waals surface area contributed by atoms with E-state index < -0.39 is 0 Å². The Morgan fingerprint density at radius 2 is 2.33 bits per heavy atom. The highest BCUT2D eigenvalue weighted by atomic mass is 127. The molecule has 0 atom stereocenters. The summed E-state index contributed by atoms with van der Waals surface area (Å²) >= 11 is 2.17. The summed E-state index contributed by atoms with van der Waals surface area (Å²) in [5.74, 6) is 0.408. The zero-order chi connectivity index (χ0) is 12.7. The van der Waals surface area contributed by atoms with E-state index in [-0.39, 0.29) is 12.5 Å². The third kappa shape index (κ3) is 1.90. The topological polar surface area (TPSA) is 82.2 Å². The molecule has 1 aliphatic rings. The first-order chi connectivity index (χ1) is 8.63. The van der Waals surface area contributed by atoms with Gasteiger partial charge >= 0.3 is 0 Å². The number of nitrogens with one attached hydrogen (secondary N) is 1. The highest BCUT2D eigenvalue weighted by Crippen LogP contribution is 2.34. The van der Waals surface area contributed by atoms with Gasteiger partial charge < -0.3 is 15.8 Å². The van der Waals surface area contributed by atoms with Gasteiger partial charge in [-0.3, -0.25) is 4.79 Å². The van der Waals surface area contributed by atoms with Crippen LogP contribution in [0.25, 0.3) is 5.69 Å². The molecule has 3 rings (SSSR count). The smallest absolute Gasteiger partial charge is 0.262 e. The van der Waals surface area contributed by atoms with E-state index in [0.717, 1.165) is 3.57 Å². The highest BCUT2D eigenvalue weighted by molar-refractivity contribution is 14.1. The lowest BCUT2D eigenvalue weighted by Crippen LogP contribution is -2.25. The van der Waals surface area contributed by atoms with Gasteiger partial charge in [0.2, 0.25) is 0 Å². The van der Waals surface area contributed by atoms with Crippen LogP contribution in [0.5, 0.6) is 5.75 Å². The highest BCUT2D eigenvalue weighted by Gasteiger charge is 2.18. The number of ether oxygens (including phenoxy) is 1. The van der Waals surface area contributed by atoms with Crippen LogP contribution in [0, 0.1) is 3.57 Å². The largest absolute Gasteiger partial charge is 0.482 e. The van der Waals surface area contributed by atoms with Crippen molar-refractivity contribution in [2.45, 2.75) is 0 Å². The number of amides is 1. The van der Waals surface area contributed by atoms with Crippen molar-refractivity contribution in [2.75, 3.05) is 17.7 Å². The zero-order valence-electron chi connectivity index (χ0n) is 9.18. The number of hydrogen-bond acceptors (Lipinski definition) is 4. The van der Waals surface area contributed by atoms with E-state index >= 15 is 0 Å². The lowest BCUT2D eigenvalue weighted by atomic mass is 10.2. The number of nitrogens with two attached hydrogens (primary N) is 1. The molecule has 1 aliphatic heterocycles. The number of hydrogen-bond donors (Lipinski definition) is 2. The van der Waals surface area contributed by atoms with E-state index in [9.17, 15) is 4.79 Å². The molecule has 0 radical (unpaired) electrons. The molecule has 2 heterocycles. The van der Waals surface area contributed by atoms with Gasteiger partial charge in [-0.25, -0.2) is 4.68 Å². The lowest BCUT2D eigenvalue weighted by molar-refractivity contribution is -0.118. The van der Waals surface area contributed by atoms with Gasteiger partial charge in [0.25, 0.3) is 5.91 Å². The van der Waals surface area contributed by atoms with Crippen LogP contribution in [0.4, 0.5) is 11.4 Å². The molecule has 0 fully saturated rings. The lowest BCUT2D eigenvalue weighted by Gasteiger charge is -2.19. The summed E-state index contributed by atoms with van der Waals surface area (Å²) in [5, 5.41) is 6.93. The molecular weight excluding hydrogens is 347 g/mol. The van der Waals surface area contributed by atoms with Crippen molar-refractivity contribution in [1.82, 2.24) is 9.78 Å². The SMILES string of the molecule is Nc1cc2c(cc1-n1cc(I)cn1)NC(=O)CO2. The summed E-state index contributed by atoms with van der Waals surface area (Å²) in [6, 6.07) is 3.45. The molecule has 2 aromatic rings. The van der Waals surface area contributed by atoms with Crippen LogP contribution in [0.3, 0.4) is 0 Å². The fourth-order valence-electron chi connectivity index (χ4n) is 1.76. The van der Waals surface area contributed by atoms with E-state index in [1.807, 2.05) is 6.20 Å². The van der Waals surface area contributed by atoms with Crippen molar-refractivity contribution in [3.63, 3.8) is 0 Å². The van der Waals surface area contributed by atoms with Crippen molar-refractivity contribution in [3.05, 3.63) is 28.1 Å². The standard InChI is InChI=1S/C11H9IN4O2/c12-6-3-14-16(4-6)9-2-8-10(1-7(9)13)18-5-11(17)15-8/h1-4H,5,13H2,(H,15,17). The van der Waals surface area contributed by atoms with Crippen LogP contribution in [0.1, 0.15) is 0 Å². The average Bonchev–Trinajstić information content (AvgIpc) is 2.75. The Labute approximate surface area is 116 Å². The molecule has 1 amide bonds. The van der Waals surface area contributed by atoms with E-state index in [2.05, 4.69) is 33.0 Å². The molecule has 0 saturated carbocycles. The molecule has 0 spiro atoms. The summed E-state index contributed by atoms with van der Waals surface area (Å²) in [7, 11) is 0. The Hall–Kier alpha value is -1.77. The molecule has 3 N–H and O–H groups in total. The summed E-state index contributed by atoms with van der Waals surface area (Å²) in [5.41, 5.74) is 7.83. The van der Waals surface area contributed by atoms with Gasteiger partial charge in [0, 0.05) is 12.3 Å². The first-order valence-corrected chi connectivity index (χ1v) is 6.28. The molecule has 0 bridgehead atoms. The minimum Gasteiger partial charge on any atom is -0.482 e.